The fourth-order valence-electron chi connectivity index (χ4n) is 2.79. The lowest BCUT2D eigenvalue weighted by atomic mass is 9.97. The van der Waals surface area contributed by atoms with Crippen molar-refractivity contribution < 1.29 is 18.1 Å². The van der Waals surface area contributed by atoms with Crippen LogP contribution in [0.15, 0.2) is 23.1 Å². The Morgan fingerprint density at radius 2 is 2.00 bits per heavy atom. The van der Waals surface area contributed by atoms with Crippen LogP contribution in [0.2, 0.25) is 0 Å². The third-order valence-corrected chi connectivity index (χ3v) is 5.20. The largest absolute Gasteiger partial charge is 0.381 e. The molecule has 0 aliphatic carbocycles. The second kappa shape index (κ2) is 7.27. The number of rotatable bonds is 6. The minimum Gasteiger partial charge on any atom is -0.381 e. The van der Waals surface area contributed by atoms with Crippen molar-refractivity contribution in [1.29, 1.82) is 0 Å². The Balaban J connectivity index is 2.17. The Hall–Kier alpha value is -1.67. The normalized spacial score (nSPS) is 16.5. The number of anilines is 1. The number of piperidine rings is 1. The van der Waals surface area contributed by atoms with E-state index in [1.165, 1.54) is 12.1 Å². The quantitative estimate of drug-likeness (QED) is 0.582. The second-order valence-electron chi connectivity index (χ2n) is 5.77. The van der Waals surface area contributed by atoms with Crippen molar-refractivity contribution in [3.8, 4) is 0 Å². The van der Waals surface area contributed by atoms with Gasteiger partial charge in [0.05, 0.1) is 4.92 Å². The Morgan fingerprint density at radius 3 is 2.52 bits per heavy atom. The Labute approximate surface area is 136 Å². The van der Waals surface area contributed by atoms with E-state index in [-0.39, 0.29) is 10.6 Å². The summed E-state index contributed by atoms with van der Waals surface area (Å²) in [6.07, 6.45) is 2.92. The van der Waals surface area contributed by atoms with Gasteiger partial charge in [-0.2, -0.15) is 0 Å². The second-order valence-corrected chi connectivity index (χ2v) is 7.76. The number of ether oxygens (including phenoxy) is 1. The van der Waals surface area contributed by atoms with E-state index in [1.807, 2.05) is 6.92 Å². The van der Waals surface area contributed by atoms with Crippen LogP contribution in [0.4, 0.5) is 11.4 Å². The third kappa shape index (κ3) is 4.42. The predicted molar refractivity (Wildman–Crippen MR) is 87.6 cm³/mol. The molecule has 1 heterocycles. The minimum atomic E-state index is -3.65. The molecule has 1 fully saturated rings. The zero-order valence-corrected chi connectivity index (χ0v) is 14.2. The van der Waals surface area contributed by atoms with Gasteiger partial charge in [0.1, 0.15) is 4.90 Å². The lowest BCUT2D eigenvalue weighted by Gasteiger charge is -2.33. The van der Waals surface area contributed by atoms with E-state index in [2.05, 4.69) is 4.90 Å². The number of nitro groups is 1. The minimum absolute atomic E-state index is 0.226. The molecule has 0 amide bonds. The fraction of sp³-hybridized carbons (Fsp3) is 0.600. The number of sulfone groups is 1. The Bertz CT molecular complexity index is 666. The molecular weight excluding hydrogens is 320 g/mol. The average molecular weight is 342 g/mol. The summed E-state index contributed by atoms with van der Waals surface area (Å²) in [5.41, 5.74) is 0.341. The van der Waals surface area contributed by atoms with Crippen molar-refractivity contribution in [3.05, 3.63) is 28.3 Å². The molecule has 2 rings (SSSR count). The number of benzene rings is 1. The molecule has 1 aromatic rings. The van der Waals surface area contributed by atoms with Crippen LogP contribution in [0.5, 0.6) is 0 Å². The highest BCUT2D eigenvalue weighted by Gasteiger charge is 2.25. The lowest BCUT2D eigenvalue weighted by molar-refractivity contribution is -0.387. The zero-order valence-electron chi connectivity index (χ0n) is 13.4. The summed E-state index contributed by atoms with van der Waals surface area (Å²) in [6, 6.07) is 4.31. The first-order chi connectivity index (χ1) is 10.8. The Kier molecular flexibility index (Phi) is 5.59. The third-order valence-electron chi connectivity index (χ3n) is 4.08. The van der Waals surface area contributed by atoms with Crippen LogP contribution in [-0.2, 0) is 14.6 Å². The molecule has 0 unspecified atom stereocenters. The smallest absolute Gasteiger partial charge is 0.288 e. The molecule has 0 saturated carbocycles. The van der Waals surface area contributed by atoms with Crippen LogP contribution in [0.1, 0.15) is 19.8 Å². The summed E-state index contributed by atoms with van der Waals surface area (Å²) in [6.45, 7) is 5.01. The van der Waals surface area contributed by atoms with Crippen LogP contribution in [-0.4, -0.2) is 45.9 Å². The number of nitrogens with zero attached hydrogens (tertiary/aromatic N) is 2. The fourth-order valence-corrected chi connectivity index (χ4v) is 3.65. The van der Waals surface area contributed by atoms with Gasteiger partial charge in [0.2, 0.25) is 0 Å². The van der Waals surface area contributed by atoms with Gasteiger partial charge >= 0.3 is 0 Å². The predicted octanol–water partition coefficient (Wildman–Crippen LogP) is 2.25. The molecule has 8 heteroatoms. The molecule has 1 saturated heterocycles. The van der Waals surface area contributed by atoms with Gasteiger partial charge in [-0.15, -0.1) is 0 Å². The first-order valence-corrected chi connectivity index (χ1v) is 9.53. The topological polar surface area (TPSA) is 89.8 Å². The van der Waals surface area contributed by atoms with Gasteiger partial charge in [-0.25, -0.2) is 8.42 Å². The van der Waals surface area contributed by atoms with Crippen molar-refractivity contribution in [2.45, 2.75) is 24.7 Å². The van der Waals surface area contributed by atoms with Gasteiger partial charge in [0.25, 0.3) is 5.69 Å². The van der Waals surface area contributed by atoms with E-state index in [9.17, 15) is 18.5 Å². The van der Waals surface area contributed by atoms with Crippen molar-refractivity contribution in [2.24, 2.45) is 5.92 Å². The van der Waals surface area contributed by atoms with Crippen LogP contribution in [0.25, 0.3) is 0 Å². The van der Waals surface area contributed by atoms with Gasteiger partial charge in [-0.3, -0.25) is 10.1 Å². The van der Waals surface area contributed by atoms with Crippen LogP contribution in [0.3, 0.4) is 0 Å². The van der Waals surface area contributed by atoms with E-state index < -0.39 is 14.8 Å². The van der Waals surface area contributed by atoms with Crippen LogP contribution >= 0.6 is 0 Å². The molecule has 0 radical (unpaired) electrons. The van der Waals surface area contributed by atoms with E-state index >= 15 is 0 Å². The summed E-state index contributed by atoms with van der Waals surface area (Å²) >= 11 is 0. The van der Waals surface area contributed by atoms with Crippen LogP contribution in [0, 0.1) is 16.0 Å². The zero-order chi connectivity index (χ0) is 17.0. The monoisotopic (exact) mass is 342 g/mol. The SMILES string of the molecule is CCOCC1CCN(c2ccc([N+](=O)[O-])c(S(C)(=O)=O)c2)CC1. The molecule has 0 aromatic heterocycles. The average Bonchev–Trinajstić information content (AvgIpc) is 2.52. The van der Waals surface area contributed by atoms with Gasteiger partial charge in [-0.1, -0.05) is 0 Å². The number of hydrogen-bond acceptors (Lipinski definition) is 6. The molecule has 1 aliphatic heterocycles. The van der Waals surface area contributed by atoms with Gasteiger partial charge in [0.15, 0.2) is 9.84 Å². The summed E-state index contributed by atoms with van der Waals surface area (Å²) in [5.74, 6) is 0.513. The molecule has 0 N–H and O–H groups in total. The molecule has 23 heavy (non-hydrogen) atoms. The molecule has 0 bridgehead atoms. The van der Waals surface area contributed by atoms with Gasteiger partial charge in [0, 0.05) is 44.3 Å². The van der Waals surface area contributed by atoms with E-state index in [0.29, 0.717) is 18.2 Å². The summed E-state index contributed by atoms with van der Waals surface area (Å²) in [4.78, 5) is 12.2. The van der Waals surface area contributed by atoms with Gasteiger partial charge in [-0.05, 0) is 37.8 Å². The molecule has 0 atom stereocenters. The standard InChI is InChI=1S/C15H22N2O5S/c1-3-22-11-12-6-8-16(9-7-12)13-4-5-14(17(18)19)15(10-13)23(2,20)21/h4-5,10,12H,3,6-9,11H2,1-2H3. The molecule has 1 aliphatic rings. The van der Waals surface area contributed by atoms with E-state index in [0.717, 1.165) is 38.8 Å². The number of hydrogen-bond donors (Lipinski definition) is 0. The molecule has 7 nitrogen and oxygen atoms in total. The maximum atomic E-state index is 11.8. The Morgan fingerprint density at radius 1 is 1.35 bits per heavy atom. The van der Waals surface area contributed by atoms with Crippen molar-refractivity contribution in [3.63, 3.8) is 0 Å². The highest BCUT2D eigenvalue weighted by molar-refractivity contribution is 7.90. The first-order valence-electron chi connectivity index (χ1n) is 7.64. The molecule has 1 aromatic carbocycles. The summed E-state index contributed by atoms with van der Waals surface area (Å²) in [5, 5.41) is 11.0. The number of nitro benzene ring substituents is 1. The molecule has 0 spiro atoms. The van der Waals surface area contributed by atoms with Crippen molar-refractivity contribution in [2.75, 3.05) is 37.5 Å². The maximum Gasteiger partial charge on any atom is 0.288 e. The van der Waals surface area contributed by atoms with Crippen molar-refractivity contribution >= 4 is 21.2 Å². The summed E-state index contributed by atoms with van der Waals surface area (Å²) < 4.78 is 29.1. The van der Waals surface area contributed by atoms with E-state index in [4.69, 9.17) is 4.74 Å². The lowest BCUT2D eigenvalue weighted by Crippen LogP contribution is -2.35. The first kappa shape index (κ1) is 17.7. The van der Waals surface area contributed by atoms with Crippen LogP contribution < -0.4 is 4.90 Å². The van der Waals surface area contributed by atoms with Crippen molar-refractivity contribution in [1.82, 2.24) is 0 Å². The van der Waals surface area contributed by atoms with E-state index in [1.54, 1.807) is 6.07 Å². The molecular formula is C15H22N2O5S. The summed E-state index contributed by atoms with van der Waals surface area (Å²) in [7, 11) is -3.65. The molecule has 128 valence electrons. The highest BCUT2D eigenvalue weighted by atomic mass is 32.2. The van der Waals surface area contributed by atoms with Gasteiger partial charge < -0.3 is 9.64 Å². The highest BCUT2D eigenvalue weighted by Crippen LogP contribution is 2.31. The maximum absolute atomic E-state index is 11.8.